The summed E-state index contributed by atoms with van der Waals surface area (Å²) >= 11 is 5.76. The first-order valence-electron chi connectivity index (χ1n) is 7.06. The topological polar surface area (TPSA) is 95.2 Å². The van der Waals surface area contributed by atoms with Crippen LogP contribution in [0.3, 0.4) is 0 Å². The fraction of sp³-hybridized carbons (Fsp3) is 0.111. The Hall–Kier alpha value is -2.80. The van der Waals surface area contributed by atoms with Crippen LogP contribution in [0.15, 0.2) is 53.4 Å². The molecule has 5 nitrogen and oxygen atoms in total. The highest BCUT2D eigenvalue weighted by atomic mass is 35.5. The van der Waals surface area contributed by atoms with E-state index < -0.39 is 21.1 Å². The maximum atomic E-state index is 12.5. The van der Waals surface area contributed by atoms with Crippen molar-refractivity contribution in [2.75, 3.05) is 0 Å². The summed E-state index contributed by atoms with van der Waals surface area (Å²) < 4.78 is 25.0. The van der Waals surface area contributed by atoms with Gasteiger partial charge in [-0.3, -0.25) is 4.79 Å². The molecule has 0 amide bonds. The molecule has 25 heavy (non-hydrogen) atoms. The lowest BCUT2D eigenvalue weighted by Gasteiger charge is -2.11. The van der Waals surface area contributed by atoms with Crippen molar-refractivity contribution in [3.8, 4) is 17.9 Å². The number of carboxylic acid groups (broad SMARTS) is 1. The fourth-order valence-corrected chi connectivity index (χ4v) is 3.53. The number of aliphatic carboxylic acids is 1. The van der Waals surface area contributed by atoms with E-state index in [1.54, 1.807) is 24.3 Å². The third-order valence-electron chi connectivity index (χ3n) is 3.33. The average Bonchev–Trinajstić information content (AvgIpc) is 2.59. The Kier molecular flexibility index (Phi) is 5.82. The summed E-state index contributed by atoms with van der Waals surface area (Å²) in [5, 5.41) is 16.9. The largest absolute Gasteiger partial charge is 0.480 e. The molecule has 2 aromatic carbocycles. The molecule has 0 radical (unpaired) electrons. The Morgan fingerprint density at radius 3 is 2.16 bits per heavy atom. The third kappa shape index (κ3) is 4.60. The summed E-state index contributed by atoms with van der Waals surface area (Å²) in [6, 6.07) is 13.5. The van der Waals surface area contributed by atoms with E-state index in [9.17, 15) is 18.3 Å². The molecule has 0 saturated carbocycles. The summed E-state index contributed by atoms with van der Waals surface area (Å²) in [6.45, 7) is 0. The molecule has 0 spiro atoms. The molecule has 0 saturated heterocycles. The monoisotopic (exact) mass is 373 g/mol. The molecule has 1 N–H and O–H groups in total. The van der Waals surface area contributed by atoms with Gasteiger partial charge in [-0.05, 0) is 48.5 Å². The number of halogens is 1. The maximum absolute atomic E-state index is 12.5. The molecule has 7 heteroatoms. The van der Waals surface area contributed by atoms with E-state index >= 15 is 0 Å². The van der Waals surface area contributed by atoms with Crippen molar-refractivity contribution in [3.63, 3.8) is 0 Å². The van der Waals surface area contributed by atoms with Crippen LogP contribution in [0.4, 0.5) is 0 Å². The zero-order chi connectivity index (χ0) is 18.4. The van der Waals surface area contributed by atoms with Crippen LogP contribution in [0.2, 0.25) is 5.02 Å². The number of sulfone groups is 1. The van der Waals surface area contributed by atoms with Gasteiger partial charge in [0, 0.05) is 17.0 Å². The Balaban J connectivity index is 2.26. The van der Waals surface area contributed by atoms with Crippen molar-refractivity contribution in [1.82, 2.24) is 0 Å². The number of benzene rings is 2. The highest BCUT2D eigenvalue weighted by molar-refractivity contribution is 7.92. The second-order valence-electron chi connectivity index (χ2n) is 5.02. The first-order valence-corrected chi connectivity index (χ1v) is 8.98. The molecule has 0 bridgehead atoms. The van der Waals surface area contributed by atoms with E-state index in [0.717, 1.165) is 0 Å². The molecular weight excluding hydrogens is 362 g/mol. The van der Waals surface area contributed by atoms with Gasteiger partial charge in [-0.1, -0.05) is 23.4 Å². The minimum Gasteiger partial charge on any atom is -0.480 e. The molecule has 0 aliphatic heterocycles. The van der Waals surface area contributed by atoms with Crippen LogP contribution in [0, 0.1) is 23.2 Å². The smallest absolute Gasteiger partial charge is 0.323 e. The van der Waals surface area contributed by atoms with Crippen LogP contribution in [-0.4, -0.2) is 24.7 Å². The van der Waals surface area contributed by atoms with E-state index in [1.165, 1.54) is 24.3 Å². The third-order valence-corrected chi connectivity index (χ3v) is 5.62. The molecule has 2 aromatic rings. The van der Waals surface area contributed by atoms with E-state index in [1.807, 2.05) is 6.07 Å². The van der Waals surface area contributed by atoms with Crippen LogP contribution in [0.25, 0.3) is 0 Å². The van der Waals surface area contributed by atoms with E-state index in [4.69, 9.17) is 16.9 Å². The highest BCUT2D eigenvalue weighted by Crippen LogP contribution is 2.19. The second kappa shape index (κ2) is 7.85. The normalized spacial score (nSPS) is 11.7. The SMILES string of the molecule is N#Cc1ccc(S(=O)(=O)C(CC#Cc2ccc(Cl)cc2)C(=O)O)cc1. The minimum atomic E-state index is -4.12. The summed E-state index contributed by atoms with van der Waals surface area (Å²) in [7, 11) is -4.12. The molecule has 1 unspecified atom stereocenters. The van der Waals surface area contributed by atoms with Gasteiger partial charge < -0.3 is 5.11 Å². The summed E-state index contributed by atoms with van der Waals surface area (Å²) in [5.41, 5.74) is 0.887. The van der Waals surface area contributed by atoms with Gasteiger partial charge in [0.2, 0.25) is 0 Å². The van der Waals surface area contributed by atoms with Gasteiger partial charge in [-0.25, -0.2) is 8.42 Å². The van der Waals surface area contributed by atoms with Gasteiger partial charge in [-0.2, -0.15) is 5.26 Å². The Morgan fingerprint density at radius 1 is 1.08 bits per heavy atom. The average molecular weight is 374 g/mol. The predicted molar refractivity (Wildman–Crippen MR) is 92.7 cm³/mol. The quantitative estimate of drug-likeness (QED) is 0.831. The van der Waals surface area contributed by atoms with Crippen molar-refractivity contribution in [1.29, 1.82) is 5.26 Å². The second-order valence-corrected chi connectivity index (χ2v) is 7.59. The molecule has 126 valence electrons. The van der Waals surface area contributed by atoms with Crippen LogP contribution in [0.5, 0.6) is 0 Å². The summed E-state index contributed by atoms with van der Waals surface area (Å²) in [4.78, 5) is 11.3. The van der Waals surface area contributed by atoms with Crippen LogP contribution in [-0.2, 0) is 14.6 Å². The van der Waals surface area contributed by atoms with Crippen molar-refractivity contribution >= 4 is 27.4 Å². The van der Waals surface area contributed by atoms with Gasteiger partial charge in [0.05, 0.1) is 16.5 Å². The van der Waals surface area contributed by atoms with E-state index in [0.29, 0.717) is 10.6 Å². The van der Waals surface area contributed by atoms with Crippen molar-refractivity contribution in [2.24, 2.45) is 0 Å². The number of carbonyl (C=O) groups is 1. The van der Waals surface area contributed by atoms with Crippen LogP contribution in [0.1, 0.15) is 17.5 Å². The number of carboxylic acids is 1. The van der Waals surface area contributed by atoms with Gasteiger partial charge in [0.15, 0.2) is 15.1 Å². The number of rotatable bonds is 4. The molecule has 0 heterocycles. The van der Waals surface area contributed by atoms with Crippen LogP contribution >= 0.6 is 11.6 Å². The maximum Gasteiger partial charge on any atom is 0.323 e. The lowest BCUT2D eigenvalue weighted by molar-refractivity contribution is -0.136. The zero-order valence-electron chi connectivity index (χ0n) is 12.8. The molecule has 0 fully saturated rings. The standard InChI is InChI=1S/C18H12ClNO4S/c19-15-8-4-13(5-9-15)2-1-3-17(18(21)22)25(23,24)16-10-6-14(12-20)7-11-16/h4-11,17H,3H2,(H,21,22). The lowest BCUT2D eigenvalue weighted by atomic mass is 10.2. The number of nitriles is 1. The molecule has 1 atom stereocenters. The summed E-state index contributed by atoms with van der Waals surface area (Å²) in [6.07, 6.45) is -0.361. The van der Waals surface area contributed by atoms with Gasteiger partial charge in [-0.15, -0.1) is 0 Å². The van der Waals surface area contributed by atoms with Crippen molar-refractivity contribution in [2.45, 2.75) is 16.6 Å². The molecule has 0 aliphatic rings. The number of hydrogen-bond acceptors (Lipinski definition) is 4. The minimum absolute atomic E-state index is 0.160. The van der Waals surface area contributed by atoms with E-state index in [-0.39, 0.29) is 16.9 Å². The molecule has 0 aliphatic carbocycles. The van der Waals surface area contributed by atoms with Crippen molar-refractivity contribution in [3.05, 3.63) is 64.7 Å². The first-order chi connectivity index (χ1) is 11.8. The van der Waals surface area contributed by atoms with Crippen LogP contribution < -0.4 is 0 Å². The van der Waals surface area contributed by atoms with Crippen molar-refractivity contribution < 1.29 is 18.3 Å². The number of hydrogen-bond donors (Lipinski definition) is 1. The predicted octanol–water partition coefficient (Wildman–Crippen LogP) is 2.88. The van der Waals surface area contributed by atoms with Gasteiger partial charge in [0.1, 0.15) is 0 Å². The van der Waals surface area contributed by atoms with Gasteiger partial charge in [0.25, 0.3) is 0 Å². The number of nitrogens with zero attached hydrogens (tertiary/aromatic N) is 1. The Morgan fingerprint density at radius 2 is 1.64 bits per heavy atom. The Bertz CT molecular complexity index is 979. The molecular formula is C18H12ClNO4S. The van der Waals surface area contributed by atoms with Gasteiger partial charge >= 0.3 is 5.97 Å². The lowest BCUT2D eigenvalue weighted by Crippen LogP contribution is -2.29. The van der Waals surface area contributed by atoms with E-state index in [2.05, 4.69) is 11.8 Å². The zero-order valence-corrected chi connectivity index (χ0v) is 14.4. The highest BCUT2D eigenvalue weighted by Gasteiger charge is 2.33. The molecule has 0 aromatic heterocycles. The molecule has 2 rings (SSSR count). The first kappa shape index (κ1) is 18.5. The summed E-state index contributed by atoms with van der Waals surface area (Å²) in [5.74, 6) is 3.84. The fourth-order valence-electron chi connectivity index (χ4n) is 1.99. The Labute approximate surface area is 150 Å².